The molecule has 0 aliphatic heterocycles. The first kappa shape index (κ1) is 26.8. The Hall–Kier alpha value is -3.82. The second-order valence-corrected chi connectivity index (χ2v) is 8.58. The molecular weight excluding hydrogens is 500 g/mol. The van der Waals surface area contributed by atoms with Crippen LogP contribution in [-0.4, -0.2) is 38.1 Å². The molecule has 0 heterocycles. The van der Waals surface area contributed by atoms with Crippen molar-refractivity contribution in [1.82, 2.24) is 5.43 Å². The average Bonchev–Trinajstić information content (AvgIpc) is 2.86. The van der Waals surface area contributed by atoms with Crippen molar-refractivity contribution >= 4 is 52.4 Å². The van der Waals surface area contributed by atoms with E-state index in [1.54, 1.807) is 42.6 Å². The molecule has 0 atom stereocenters. The first-order valence-electron chi connectivity index (χ1n) is 10.9. The zero-order valence-corrected chi connectivity index (χ0v) is 21.9. The molecule has 0 bridgehead atoms. The summed E-state index contributed by atoms with van der Waals surface area (Å²) < 4.78 is 16.3. The van der Waals surface area contributed by atoms with Gasteiger partial charge in [-0.15, -0.1) is 0 Å². The van der Waals surface area contributed by atoms with Gasteiger partial charge in [0.25, 0.3) is 5.91 Å². The van der Waals surface area contributed by atoms with E-state index in [4.69, 9.17) is 38.0 Å². The van der Waals surface area contributed by atoms with Gasteiger partial charge < -0.3 is 24.8 Å². The molecule has 0 fully saturated rings. The van der Waals surface area contributed by atoms with Crippen molar-refractivity contribution in [2.45, 2.75) is 13.8 Å². The third kappa shape index (κ3) is 7.59. The number of hydrogen-bond donors (Lipinski definition) is 3. The van der Waals surface area contributed by atoms with Gasteiger partial charge in [0.1, 0.15) is 5.75 Å². The SMILES string of the molecule is COc1cc(Cl)ccc1NC(=O)COc1ccc(/C=N/NC(=S)Nc2cc(C)ccc2C)cc1OC. The van der Waals surface area contributed by atoms with Crippen molar-refractivity contribution in [3.63, 3.8) is 0 Å². The lowest BCUT2D eigenvalue weighted by atomic mass is 10.1. The number of halogens is 1. The second kappa shape index (κ2) is 12.8. The molecule has 0 saturated carbocycles. The van der Waals surface area contributed by atoms with Crippen LogP contribution in [0.25, 0.3) is 0 Å². The number of amides is 1. The van der Waals surface area contributed by atoms with Crippen molar-refractivity contribution in [2.75, 3.05) is 31.5 Å². The molecule has 0 aromatic heterocycles. The molecule has 0 spiro atoms. The first-order chi connectivity index (χ1) is 17.3. The topological polar surface area (TPSA) is 93.2 Å². The summed E-state index contributed by atoms with van der Waals surface area (Å²) in [6, 6.07) is 16.2. The van der Waals surface area contributed by atoms with Crippen LogP contribution >= 0.6 is 23.8 Å². The number of nitrogens with one attached hydrogen (secondary N) is 3. The number of thiocarbonyl (C=S) groups is 1. The number of ether oxygens (including phenoxy) is 3. The monoisotopic (exact) mass is 526 g/mol. The summed E-state index contributed by atoms with van der Waals surface area (Å²) in [5, 5.41) is 10.9. The molecule has 3 rings (SSSR count). The van der Waals surface area contributed by atoms with Crippen LogP contribution < -0.4 is 30.3 Å². The Kier molecular flexibility index (Phi) is 9.49. The third-order valence-corrected chi connectivity index (χ3v) is 5.43. The third-order valence-electron chi connectivity index (χ3n) is 5.01. The normalized spacial score (nSPS) is 10.6. The molecule has 3 aromatic carbocycles. The zero-order valence-electron chi connectivity index (χ0n) is 20.3. The van der Waals surface area contributed by atoms with E-state index < -0.39 is 0 Å². The highest BCUT2D eigenvalue weighted by molar-refractivity contribution is 7.80. The van der Waals surface area contributed by atoms with Gasteiger partial charge in [-0.05, 0) is 79.2 Å². The number of anilines is 2. The van der Waals surface area contributed by atoms with E-state index in [0.717, 1.165) is 22.4 Å². The van der Waals surface area contributed by atoms with Gasteiger partial charge in [-0.2, -0.15) is 5.10 Å². The number of methoxy groups -OCH3 is 2. The van der Waals surface area contributed by atoms with Crippen LogP contribution in [-0.2, 0) is 4.79 Å². The first-order valence-corrected chi connectivity index (χ1v) is 11.7. The maximum atomic E-state index is 12.4. The number of nitrogens with zero attached hydrogens (tertiary/aromatic N) is 1. The van der Waals surface area contributed by atoms with Gasteiger partial charge in [-0.25, -0.2) is 0 Å². The Balaban J connectivity index is 1.56. The maximum absolute atomic E-state index is 12.4. The Morgan fingerprint density at radius 3 is 2.47 bits per heavy atom. The van der Waals surface area contributed by atoms with Gasteiger partial charge in [0.2, 0.25) is 0 Å². The van der Waals surface area contributed by atoms with Gasteiger partial charge in [0, 0.05) is 16.8 Å². The van der Waals surface area contributed by atoms with E-state index in [-0.39, 0.29) is 12.5 Å². The summed E-state index contributed by atoms with van der Waals surface area (Å²) in [7, 11) is 3.02. The number of benzene rings is 3. The number of carbonyl (C=O) groups excluding carboxylic acids is 1. The number of hydrogen-bond acceptors (Lipinski definition) is 6. The fourth-order valence-corrected chi connectivity index (χ4v) is 3.49. The predicted octanol–water partition coefficient (Wildman–Crippen LogP) is 5.31. The summed E-state index contributed by atoms with van der Waals surface area (Å²) in [6.07, 6.45) is 1.60. The molecule has 36 heavy (non-hydrogen) atoms. The number of rotatable bonds is 9. The van der Waals surface area contributed by atoms with Crippen LogP contribution in [0, 0.1) is 13.8 Å². The van der Waals surface area contributed by atoms with Crippen molar-refractivity contribution in [2.24, 2.45) is 5.10 Å². The van der Waals surface area contributed by atoms with Gasteiger partial charge in [0.15, 0.2) is 23.2 Å². The minimum Gasteiger partial charge on any atom is -0.495 e. The summed E-state index contributed by atoms with van der Waals surface area (Å²) in [6.45, 7) is 3.79. The molecule has 0 radical (unpaired) electrons. The largest absolute Gasteiger partial charge is 0.495 e. The van der Waals surface area contributed by atoms with E-state index in [1.165, 1.54) is 14.2 Å². The minimum absolute atomic E-state index is 0.227. The van der Waals surface area contributed by atoms with Crippen LogP contribution in [0.2, 0.25) is 5.02 Å². The van der Waals surface area contributed by atoms with Crippen LogP contribution in [0.4, 0.5) is 11.4 Å². The molecule has 3 N–H and O–H groups in total. The van der Waals surface area contributed by atoms with Crippen LogP contribution in [0.15, 0.2) is 59.7 Å². The van der Waals surface area contributed by atoms with Crippen molar-refractivity contribution < 1.29 is 19.0 Å². The maximum Gasteiger partial charge on any atom is 0.262 e. The lowest BCUT2D eigenvalue weighted by Crippen LogP contribution is -2.24. The fourth-order valence-electron chi connectivity index (χ4n) is 3.17. The van der Waals surface area contributed by atoms with Crippen LogP contribution in [0.5, 0.6) is 17.2 Å². The van der Waals surface area contributed by atoms with Gasteiger partial charge in [0.05, 0.1) is 26.1 Å². The summed E-state index contributed by atoms with van der Waals surface area (Å²) >= 11 is 11.3. The van der Waals surface area contributed by atoms with E-state index in [2.05, 4.69) is 21.2 Å². The van der Waals surface area contributed by atoms with Gasteiger partial charge in [-0.1, -0.05) is 23.7 Å². The number of hydrazone groups is 1. The standard InChI is InChI=1S/C26H27ClN4O4S/c1-16-5-6-17(2)21(11-16)30-26(36)31-28-14-18-7-10-22(24(12-18)34-4)35-15-25(32)29-20-9-8-19(27)13-23(20)33-3/h5-14H,15H2,1-4H3,(H,29,32)(H2,30,31,36)/b28-14+. The second-order valence-electron chi connectivity index (χ2n) is 7.73. The highest BCUT2D eigenvalue weighted by Crippen LogP contribution is 2.29. The van der Waals surface area contributed by atoms with Crippen molar-refractivity contribution in [3.05, 3.63) is 76.3 Å². The molecule has 0 aliphatic rings. The molecule has 0 unspecified atom stereocenters. The van der Waals surface area contributed by atoms with Crippen molar-refractivity contribution in [3.8, 4) is 17.2 Å². The highest BCUT2D eigenvalue weighted by atomic mass is 35.5. The Morgan fingerprint density at radius 2 is 1.72 bits per heavy atom. The molecule has 8 nitrogen and oxygen atoms in total. The Morgan fingerprint density at radius 1 is 0.944 bits per heavy atom. The number of carbonyl (C=O) groups is 1. The van der Waals surface area contributed by atoms with Crippen LogP contribution in [0.3, 0.4) is 0 Å². The molecule has 188 valence electrons. The molecule has 1 amide bonds. The molecular formula is C26H27ClN4O4S. The van der Waals surface area contributed by atoms with E-state index in [9.17, 15) is 4.79 Å². The lowest BCUT2D eigenvalue weighted by molar-refractivity contribution is -0.118. The Bertz CT molecular complexity index is 1280. The highest BCUT2D eigenvalue weighted by Gasteiger charge is 2.11. The smallest absolute Gasteiger partial charge is 0.262 e. The van der Waals surface area contributed by atoms with E-state index in [0.29, 0.717) is 33.1 Å². The molecule has 3 aromatic rings. The fraction of sp³-hybridized carbons (Fsp3) is 0.192. The van der Waals surface area contributed by atoms with Crippen LogP contribution in [0.1, 0.15) is 16.7 Å². The summed E-state index contributed by atoms with van der Waals surface area (Å²) in [4.78, 5) is 12.4. The van der Waals surface area contributed by atoms with Crippen molar-refractivity contribution in [1.29, 1.82) is 0 Å². The number of aryl methyl sites for hydroxylation is 2. The molecule has 0 saturated heterocycles. The summed E-state index contributed by atoms with van der Waals surface area (Å²) in [5.74, 6) is 0.951. The van der Waals surface area contributed by atoms with E-state index >= 15 is 0 Å². The minimum atomic E-state index is -0.364. The predicted molar refractivity (Wildman–Crippen MR) is 148 cm³/mol. The van der Waals surface area contributed by atoms with E-state index in [1.807, 2.05) is 32.0 Å². The zero-order chi connectivity index (χ0) is 26.1. The quantitative estimate of drug-likeness (QED) is 0.197. The average molecular weight is 527 g/mol. The van der Waals surface area contributed by atoms with Gasteiger partial charge in [-0.3, -0.25) is 10.2 Å². The molecule has 0 aliphatic carbocycles. The summed E-state index contributed by atoms with van der Waals surface area (Å²) in [5.41, 5.74) is 7.17. The van der Waals surface area contributed by atoms with Gasteiger partial charge >= 0.3 is 0 Å². The lowest BCUT2D eigenvalue weighted by Gasteiger charge is -2.13. The Labute approximate surface area is 220 Å². The molecule has 10 heteroatoms.